The summed E-state index contributed by atoms with van der Waals surface area (Å²) < 4.78 is 0. The fraction of sp³-hybridized carbons (Fsp3) is 1.00. The predicted octanol–water partition coefficient (Wildman–Crippen LogP) is -12.1. The highest BCUT2D eigenvalue weighted by atomic mass is 16.0. The second kappa shape index (κ2) is 25.0. The van der Waals surface area contributed by atoms with Crippen molar-refractivity contribution < 1.29 is 0 Å². The molecule has 0 fully saturated rings. The van der Waals surface area contributed by atoms with Gasteiger partial charge >= 0.3 is 0 Å². The van der Waals surface area contributed by atoms with E-state index >= 15 is 0 Å². The first-order valence-corrected chi connectivity index (χ1v) is 7.00. The van der Waals surface area contributed by atoms with Gasteiger partial charge in [-0.3, -0.25) is 0 Å². The van der Waals surface area contributed by atoms with E-state index in [1.807, 2.05) is 0 Å². The average molecular weight is 405 g/mol. The molecule has 0 aliphatic carbocycles. The van der Waals surface area contributed by atoms with Gasteiger partial charge in [0.05, 0.1) is 0 Å². The summed E-state index contributed by atoms with van der Waals surface area (Å²) >= 11 is 0. The normalized spacial score (nSPS) is 11.3. The van der Waals surface area contributed by atoms with Gasteiger partial charge < -0.3 is 0 Å². The van der Waals surface area contributed by atoms with Crippen molar-refractivity contribution in [2.45, 2.75) is 0 Å². The van der Waals surface area contributed by atoms with Crippen LogP contribution in [0.3, 0.4) is 0 Å². The molecule has 25 heteroatoms. The minimum atomic E-state index is 1.70. The molecule has 0 spiro atoms. The molecule has 164 valence electrons. The van der Waals surface area contributed by atoms with Gasteiger partial charge in [0.15, 0.2) is 0 Å². The summed E-state index contributed by atoms with van der Waals surface area (Å²) in [6.07, 6.45) is 0. The lowest BCUT2D eigenvalue weighted by molar-refractivity contribution is 0.187. The van der Waals surface area contributed by atoms with Crippen LogP contribution in [0.4, 0.5) is 0 Å². The first-order valence-electron chi connectivity index (χ1n) is 7.00. The highest BCUT2D eigenvalue weighted by Crippen LogP contribution is 1.30. The summed E-state index contributed by atoms with van der Waals surface area (Å²) in [5, 5.41) is 0. The Bertz CT molecular complexity index is 218. The Morgan fingerprint density at radius 1 is 0.185 bits per heavy atom. The molecule has 0 saturated carbocycles. The van der Waals surface area contributed by atoms with E-state index in [-0.39, 0.29) is 0 Å². The van der Waals surface area contributed by atoms with Crippen LogP contribution >= 0.6 is 0 Å². The summed E-state index contributed by atoms with van der Waals surface area (Å²) in [4.78, 5) is 0. The molecule has 0 amide bonds. The summed E-state index contributed by atoms with van der Waals surface area (Å²) in [6, 6.07) is 0. The Hall–Kier alpha value is -1.00. The Morgan fingerprint density at radius 3 is 0.407 bits per heavy atom. The van der Waals surface area contributed by atoms with Crippen LogP contribution in [0.15, 0.2) is 0 Å². The molecular formula is C2H31N25. The van der Waals surface area contributed by atoms with Crippen molar-refractivity contribution in [2.24, 2.45) is 0 Å². The fourth-order valence-corrected chi connectivity index (χ4v) is 0.781. The largest absolute Gasteiger partial charge is 0.246 e. The van der Waals surface area contributed by atoms with Gasteiger partial charge in [0, 0.05) is 0 Å². The summed E-state index contributed by atoms with van der Waals surface area (Å²) in [6.45, 7) is 0. The molecule has 0 bridgehead atoms. The summed E-state index contributed by atoms with van der Waals surface area (Å²) in [7, 11) is 3.39. The molecule has 0 unspecified atom stereocenters. The second-order valence-corrected chi connectivity index (χ2v) is 3.38. The molecule has 25 nitrogen and oxygen atoms in total. The maximum atomic E-state index is 2.63. The van der Waals surface area contributed by atoms with Crippen molar-refractivity contribution in [3.63, 3.8) is 0 Å². The maximum Gasteiger partial charge on any atom is -0.000111 e. The van der Waals surface area contributed by atoms with Gasteiger partial charge in [0.25, 0.3) is 0 Å². The average Bonchev–Trinajstić information content (AvgIpc) is 2.68. The molecule has 27 heavy (non-hydrogen) atoms. The van der Waals surface area contributed by atoms with E-state index in [0.717, 1.165) is 0 Å². The lowest BCUT2D eigenvalue weighted by atomic mass is 11.5. The number of hydrogen-bond donors (Lipinski definition) is 25. The van der Waals surface area contributed by atoms with Gasteiger partial charge in [-0.2, -0.15) is 127 Å². The molecule has 0 radical (unpaired) electrons. The Kier molecular flexibility index (Phi) is 24.1. The SMILES string of the molecule is CNNNNNNNNNNNNNNNNNNNNNNNNNC. The van der Waals surface area contributed by atoms with E-state index in [1.54, 1.807) is 14.1 Å². The van der Waals surface area contributed by atoms with Gasteiger partial charge in [-0.25, -0.2) is 10.9 Å². The van der Waals surface area contributed by atoms with Crippen LogP contribution in [-0.4, -0.2) is 14.1 Å². The third-order valence-electron chi connectivity index (χ3n) is 1.62. The first-order chi connectivity index (χ1) is 13.4. The molecule has 0 atom stereocenters. The topological polar surface area (TPSA) is 301 Å². The van der Waals surface area contributed by atoms with E-state index in [2.05, 4.69) is 138 Å². The fourth-order valence-electron chi connectivity index (χ4n) is 0.781. The van der Waals surface area contributed by atoms with Gasteiger partial charge in [0.1, 0.15) is 0 Å². The van der Waals surface area contributed by atoms with E-state index < -0.39 is 0 Å². The number of hydrogen-bond acceptors (Lipinski definition) is 25. The minimum absolute atomic E-state index is 1.70. The smallest absolute Gasteiger partial charge is 0.000111 e. The van der Waals surface area contributed by atoms with Crippen LogP contribution in [0.1, 0.15) is 0 Å². The Balaban J connectivity index is 2.95. The molecule has 0 saturated heterocycles. The van der Waals surface area contributed by atoms with E-state index in [1.165, 1.54) is 0 Å². The molecule has 25 N–H and O–H groups in total. The van der Waals surface area contributed by atoms with Crippen molar-refractivity contribution >= 4 is 0 Å². The van der Waals surface area contributed by atoms with Crippen LogP contribution in [0, 0.1) is 0 Å². The Labute approximate surface area is 153 Å². The molecule has 0 aromatic carbocycles. The van der Waals surface area contributed by atoms with Crippen molar-refractivity contribution in [1.29, 1.82) is 0 Å². The van der Waals surface area contributed by atoms with E-state index in [4.69, 9.17) is 0 Å². The zero-order chi connectivity index (χ0) is 19.7. The minimum Gasteiger partial charge on any atom is -0.246 e. The van der Waals surface area contributed by atoms with Crippen molar-refractivity contribution in [3.05, 3.63) is 0 Å². The Morgan fingerprint density at radius 2 is 0.296 bits per heavy atom. The standard InChI is InChI=1S/C2H31N25/c1-3-5-7-9-11-13-15-17-19-21-23-25-27-26-24-22-20-18-16-14-12-10-8-6-4-2/h3-27H,1-2H3. The first kappa shape index (κ1) is 26.0. The highest BCUT2D eigenvalue weighted by Gasteiger charge is 1.84. The monoisotopic (exact) mass is 405 g/mol. The molecule has 0 aromatic rings. The van der Waals surface area contributed by atoms with Gasteiger partial charge in [-0.05, 0) is 14.1 Å². The quantitative estimate of drug-likeness (QED) is 0.0523. The zero-order valence-electron chi connectivity index (χ0n) is 14.5. The third kappa shape index (κ3) is 25.0. The van der Waals surface area contributed by atoms with Crippen molar-refractivity contribution in [1.82, 2.24) is 138 Å². The second-order valence-electron chi connectivity index (χ2n) is 3.38. The highest BCUT2D eigenvalue weighted by molar-refractivity contribution is 4.18. The molecule has 0 aromatic heterocycles. The number of hydrazine groups is 24. The van der Waals surface area contributed by atoms with E-state index in [9.17, 15) is 0 Å². The summed E-state index contributed by atoms with van der Waals surface area (Å²) in [5.74, 6) is 0. The van der Waals surface area contributed by atoms with Gasteiger partial charge in [-0.15, -0.1) is 0 Å². The molecule has 0 rings (SSSR count). The van der Waals surface area contributed by atoms with Crippen LogP contribution in [0.25, 0.3) is 0 Å². The lowest BCUT2D eigenvalue weighted by Crippen LogP contribution is -2.70. The maximum absolute atomic E-state index is 2.63. The summed E-state index contributed by atoms with van der Waals surface area (Å²) in [5.41, 5.74) is 63.1. The molecular weight excluding hydrogens is 374 g/mol. The number of nitrogens with one attached hydrogen (secondary N) is 25. The van der Waals surface area contributed by atoms with Crippen LogP contribution in [0.2, 0.25) is 0 Å². The zero-order valence-corrected chi connectivity index (χ0v) is 14.5. The lowest BCUT2D eigenvalue weighted by Gasteiger charge is -2.15. The molecule has 0 aliphatic rings. The van der Waals surface area contributed by atoms with E-state index in [0.29, 0.717) is 0 Å². The number of rotatable bonds is 24. The van der Waals surface area contributed by atoms with Gasteiger partial charge in [0.2, 0.25) is 0 Å². The van der Waals surface area contributed by atoms with Crippen molar-refractivity contribution in [2.75, 3.05) is 14.1 Å². The van der Waals surface area contributed by atoms with Gasteiger partial charge in [-0.1, -0.05) is 0 Å². The van der Waals surface area contributed by atoms with Crippen molar-refractivity contribution in [3.8, 4) is 0 Å². The predicted molar refractivity (Wildman–Crippen MR) is 90.2 cm³/mol. The molecule has 0 aliphatic heterocycles. The van der Waals surface area contributed by atoms with Crippen LogP contribution in [-0.2, 0) is 0 Å². The van der Waals surface area contributed by atoms with Crippen LogP contribution < -0.4 is 138 Å². The van der Waals surface area contributed by atoms with Crippen LogP contribution in [0.5, 0.6) is 0 Å². The third-order valence-corrected chi connectivity index (χ3v) is 1.62. The molecule has 0 heterocycles.